The Kier molecular flexibility index (Phi) is 4.59. The van der Waals surface area contributed by atoms with Crippen LogP contribution in [0.3, 0.4) is 0 Å². The zero-order chi connectivity index (χ0) is 14.6. The average Bonchev–Trinajstić information content (AvgIpc) is 2.83. The second-order valence-electron chi connectivity index (χ2n) is 3.60. The normalized spacial score (nSPS) is 13.4. The zero-order valence-electron chi connectivity index (χ0n) is 10.1. The highest BCUT2D eigenvalue weighted by Gasteiger charge is 2.27. The summed E-state index contributed by atoms with van der Waals surface area (Å²) >= 11 is 0. The highest BCUT2D eigenvalue weighted by molar-refractivity contribution is 5.97. The molecule has 1 rings (SSSR count). The van der Waals surface area contributed by atoms with E-state index in [1.54, 1.807) is 0 Å². The molecule has 19 heavy (non-hydrogen) atoms. The first-order valence-corrected chi connectivity index (χ1v) is 5.13. The van der Waals surface area contributed by atoms with E-state index in [1.807, 2.05) is 5.32 Å². The van der Waals surface area contributed by atoms with Gasteiger partial charge >= 0.3 is 11.9 Å². The Bertz CT molecular complexity index is 494. The molecule has 104 valence electrons. The maximum atomic E-state index is 11.6. The molecule has 0 spiro atoms. The number of nitrogens with zero attached hydrogens (tertiary/aromatic N) is 1. The number of carbonyl (C=O) groups excluding carboxylic acids is 2. The molecular weight excluding hydrogens is 260 g/mol. The number of ether oxygens (including phenoxy) is 1. The monoisotopic (exact) mass is 272 g/mol. The fourth-order valence-corrected chi connectivity index (χ4v) is 1.18. The first-order chi connectivity index (χ1) is 8.86. The zero-order valence-corrected chi connectivity index (χ0v) is 10.1. The Hall–Kier alpha value is -2.42. The number of methoxy groups -OCH3 is 1. The second kappa shape index (κ2) is 5.96. The lowest BCUT2D eigenvalue weighted by molar-refractivity contribution is -0.141. The maximum absolute atomic E-state index is 11.6. The molecule has 0 bridgehead atoms. The number of carboxylic acid groups (broad SMARTS) is 1. The van der Waals surface area contributed by atoms with E-state index in [0.717, 1.165) is 13.2 Å². The SMILES string of the molecule is COC(=O)c1cc(C(=O)NC(C(=O)O)C(C)O)no1. The van der Waals surface area contributed by atoms with Crippen LogP contribution in [0.5, 0.6) is 0 Å². The number of carbonyl (C=O) groups is 3. The minimum Gasteiger partial charge on any atom is -0.480 e. The molecule has 9 nitrogen and oxygen atoms in total. The number of aromatic nitrogens is 1. The number of aliphatic hydroxyl groups excluding tert-OH is 1. The molecule has 0 aliphatic carbocycles. The van der Waals surface area contributed by atoms with E-state index in [0.29, 0.717) is 0 Å². The van der Waals surface area contributed by atoms with Crippen molar-refractivity contribution >= 4 is 17.8 Å². The van der Waals surface area contributed by atoms with E-state index < -0.39 is 30.0 Å². The van der Waals surface area contributed by atoms with E-state index in [4.69, 9.17) is 5.11 Å². The standard InChI is InChI=1S/C10H12N2O7/c1-4(13)7(9(15)16)11-8(14)5-3-6(19-12-5)10(17)18-2/h3-4,7,13H,1-2H3,(H,11,14)(H,15,16). The summed E-state index contributed by atoms with van der Waals surface area (Å²) in [7, 11) is 1.12. The number of aliphatic hydroxyl groups is 1. The summed E-state index contributed by atoms with van der Waals surface area (Å²) < 4.78 is 8.89. The molecule has 0 aromatic carbocycles. The van der Waals surface area contributed by atoms with E-state index >= 15 is 0 Å². The van der Waals surface area contributed by atoms with Gasteiger partial charge in [0.1, 0.15) is 0 Å². The average molecular weight is 272 g/mol. The lowest BCUT2D eigenvalue weighted by Gasteiger charge is -2.15. The minimum atomic E-state index is -1.49. The maximum Gasteiger partial charge on any atom is 0.376 e. The van der Waals surface area contributed by atoms with Crippen LogP contribution >= 0.6 is 0 Å². The van der Waals surface area contributed by atoms with Crippen LogP contribution in [0.15, 0.2) is 10.6 Å². The Labute approximate surface area is 107 Å². The van der Waals surface area contributed by atoms with Crippen LogP contribution in [0.2, 0.25) is 0 Å². The molecule has 0 fully saturated rings. The number of hydrogen-bond acceptors (Lipinski definition) is 7. The largest absolute Gasteiger partial charge is 0.480 e. The van der Waals surface area contributed by atoms with Crippen LogP contribution in [0.4, 0.5) is 0 Å². The van der Waals surface area contributed by atoms with Gasteiger partial charge in [0, 0.05) is 6.07 Å². The van der Waals surface area contributed by atoms with Gasteiger partial charge in [-0.2, -0.15) is 0 Å². The van der Waals surface area contributed by atoms with Gasteiger partial charge in [-0.25, -0.2) is 9.59 Å². The molecule has 0 aliphatic heterocycles. The molecule has 2 atom stereocenters. The number of amides is 1. The van der Waals surface area contributed by atoms with Gasteiger partial charge in [0.15, 0.2) is 11.7 Å². The number of carboxylic acids is 1. The summed E-state index contributed by atoms with van der Waals surface area (Å²) in [4.78, 5) is 33.5. The molecule has 0 saturated heterocycles. The van der Waals surface area contributed by atoms with Crippen molar-refractivity contribution in [2.75, 3.05) is 7.11 Å². The lowest BCUT2D eigenvalue weighted by atomic mass is 10.2. The Morgan fingerprint density at radius 3 is 2.58 bits per heavy atom. The van der Waals surface area contributed by atoms with Crippen molar-refractivity contribution in [2.45, 2.75) is 19.1 Å². The van der Waals surface area contributed by atoms with Gasteiger partial charge in [-0.05, 0) is 6.92 Å². The summed E-state index contributed by atoms with van der Waals surface area (Å²) in [5, 5.41) is 23.3. The van der Waals surface area contributed by atoms with Gasteiger partial charge in [-0.15, -0.1) is 0 Å². The molecule has 2 unspecified atom stereocenters. The third-order valence-corrected chi connectivity index (χ3v) is 2.16. The van der Waals surface area contributed by atoms with Crippen molar-refractivity contribution in [3.8, 4) is 0 Å². The first-order valence-electron chi connectivity index (χ1n) is 5.13. The molecular formula is C10H12N2O7. The number of hydrogen-bond donors (Lipinski definition) is 3. The van der Waals surface area contributed by atoms with Crippen molar-refractivity contribution in [1.82, 2.24) is 10.5 Å². The molecule has 1 amide bonds. The van der Waals surface area contributed by atoms with E-state index in [-0.39, 0.29) is 11.5 Å². The number of rotatable bonds is 5. The fraction of sp³-hybridized carbons (Fsp3) is 0.400. The van der Waals surface area contributed by atoms with Crippen LogP contribution < -0.4 is 5.32 Å². The Morgan fingerprint density at radius 2 is 2.11 bits per heavy atom. The van der Waals surface area contributed by atoms with Crippen LogP contribution in [-0.2, 0) is 9.53 Å². The third-order valence-electron chi connectivity index (χ3n) is 2.16. The van der Waals surface area contributed by atoms with Crippen molar-refractivity contribution in [1.29, 1.82) is 0 Å². The third kappa shape index (κ3) is 3.52. The summed E-state index contributed by atoms with van der Waals surface area (Å²) in [6.07, 6.45) is -1.30. The number of esters is 1. The summed E-state index contributed by atoms with van der Waals surface area (Å²) in [5.41, 5.74) is -0.299. The van der Waals surface area contributed by atoms with Crippen molar-refractivity contribution < 1.29 is 33.9 Å². The second-order valence-corrected chi connectivity index (χ2v) is 3.60. The molecule has 9 heteroatoms. The fourth-order valence-electron chi connectivity index (χ4n) is 1.18. The van der Waals surface area contributed by atoms with E-state index in [9.17, 15) is 19.5 Å². The van der Waals surface area contributed by atoms with Crippen molar-refractivity contribution in [3.05, 3.63) is 17.5 Å². The van der Waals surface area contributed by atoms with Crippen LogP contribution in [0, 0.1) is 0 Å². The Balaban J connectivity index is 2.80. The predicted octanol–water partition coefficient (Wildman–Crippen LogP) is -0.975. The Morgan fingerprint density at radius 1 is 1.47 bits per heavy atom. The quantitative estimate of drug-likeness (QED) is 0.581. The van der Waals surface area contributed by atoms with Crippen LogP contribution in [0.25, 0.3) is 0 Å². The predicted molar refractivity (Wildman–Crippen MR) is 58.4 cm³/mol. The lowest BCUT2D eigenvalue weighted by Crippen LogP contribution is -2.47. The van der Waals surface area contributed by atoms with Crippen LogP contribution in [0.1, 0.15) is 28.0 Å². The van der Waals surface area contributed by atoms with Crippen LogP contribution in [-0.4, -0.2) is 52.5 Å². The first kappa shape index (κ1) is 14.6. The molecule has 1 heterocycles. The van der Waals surface area contributed by atoms with Crippen molar-refractivity contribution in [2.24, 2.45) is 0 Å². The molecule has 1 aromatic heterocycles. The molecule has 0 saturated carbocycles. The molecule has 3 N–H and O–H groups in total. The van der Waals surface area contributed by atoms with Gasteiger partial charge in [0.05, 0.1) is 13.2 Å². The molecule has 1 aromatic rings. The topological polar surface area (TPSA) is 139 Å². The van der Waals surface area contributed by atoms with Gasteiger partial charge in [0.25, 0.3) is 5.91 Å². The van der Waals surface area contributed by atoms with Gasteiger partial charge in [-0.1, -0.05) is 5.16 Å². The summed E-state index contributed by atoms with van der Waals surface area (Å²) in [6.45, 7) is 1.21. The van der Waals surface area contributed by atoms with Gasteiger partial charge < -0.3 is 24.8 Å². The number of aliphatic carboxylic acids is 1. The van der Waals surface area contributed by atoms with Gasteiger partial charge in [-0.3, -0.25) is 4.79 Å². The van der Waals surface area contributed by atoms with E-state index in [2.05, 4.69) is 14.4 Å². The number of nitrogens with one attached hydrogen (secondary N) is 1. The van der Waals surface area contributed by atoms with Gasteiger partial charge in [0.2, 0.25) is 5.76 Å². The molecule has 0 aliphatic rings. The highest BCUT2D eigenvalue weighted by Crippen LogP contribution is 2.06. The minimum absolute atomic E-state index is 0.295. The molecule has 0 radical (unpaired) electrons. The summed E-state index contributed by atoms with van der Waals surface area (Å²) in [6, 6.07) is -0.493. The van der Waals surface area contributed by atoms with E-state index in [1.165, 1.54) is 6.92 Å². The highest BCUT2D eigenvalue weighted by atomic mass is 16.5. The smallest absolute Gasteiger partial charge is 0.376 e. The summed E-state index contributed by atoms with van der Waals surface area (Å²) in [5.74, 6) is -3.42. The van der Waals surface area contributed by atoms with Crippen molar-refractivity contribution in [3.63, 3.8) is 0 Å².